The second-order valence-corrected chi connectivity index (χ2v) is 5.59. The number of ether oxygens (including phenoxy) is 2. The molecular weight excluding hydrogens is 266 g/mol. The highest BCUT2D eigenvalue weighted by Crippen LogP contribution is 2.22. The van der Waals surface area contributed by atoms with Crippen molar-refractivity contribution in [1.82, 2.24) is 5.32 Å². The second kappa shape index (κ2) is 8.15. The van der Waals surface area contributed by atoms with Crippen LogP contribution in [0.1, 0.15) is 36.8 Å². The van der Waals surface area contributed by atoms with E-state index in [9.17, 15) is 4.79 Å². The van der Waals surface area contributed by atoms with Crippen molar-refractivity contribution in [1.29, 1.82) is 0 Å². The van der Waals surface area contributed by atoms with Gasteiger partial charge in [0.05, 0.1) is 26.2 Å². The topological polar surface area (TPSA) is 47.6 Å². The van der Waals surface area contributed by atoms with Gasteiger partial charge in [0, 0.05) is 6.04 Å². The lowest BCUT2D eigenvalue weighted by atomic mass is 9.93. The van der Waals surface area contributed by atoms with Gasteiger partial charge in [0.1, 0.15) is 0 Å². The van der Waals surface area contributed by atoms with Crippen LogP contribution >= 0.6 is 0 Å². The fraction of sp³-hybridized carbons (Fsp3) is 0.588. The van der Waals surface area contributed by atoms with Crippen LogP contribution in [-0.2, 0) is 27.3 Å². The van der Waals surface area contributed by atoms with Crippen LogP contribution in [0.15, 0.2) is 24.3 Å². The molecule has 21 heavy (non-hydrogen) atoms. The Morgan fingerprint density at radius 3 is 2.48 bits per heavy atom. The summed E-state index contributed by atoms with van der Waals surface area (Å²) in [7, 11) is 3.44. The molecule has 0 amide bonds. The summed E-state index contributed by atoms with van der Waals surface area (Å²) in [5, 5.41) is 3.33. The van der Waals surface area contributed by atoms with Crippen molar-refractivity contribution in [3.63, 3.8) is 0 Å². The van der Waals surface area contributed by atoms with Crippen LogP contribution in [0.4, 0.5) is 0 Å². The van der Waals surface area contributed by atoms with Gasteiger partial charge in [-0.3, -0.25) is 4.79 Å². The molecule has 1 N–H and O–H groups in total. The van der Waals surface area contributed by atoms with Crippen LogP contribution in [0.3, 0.4) is 0 Å². The van der Waals surface area contributed by atoms with Gasteiger partial charge in [-0.1, -0.05) is 24.3 Å². The molecule has 0 bridgehead atoms. The van der Waals surface area contributed by atoms with Crippen LogP contribution in [0.2, 0.25) is 0 Å². The molecule has 2 rings (SSSR count). The first kappa shape index (κ1) is 16.0. The molecule has 1 fully saturated rings. The third-order valence-electron chi connectivity index (χ3n) is 4.24. The molecule has 0 unspecified atom stereocenters. The zero-order valence-corrected chi connectivity index (χ0v) is 12.9. The molecule has 116 valence electrons. The molecule has 1 aliphatic rings. The number of hydrogen-bond acceptors (Lipinski definition) is 4. The highest BCUT2D eigenvalue weighted by atomic mass is 16.5. The van der Waals surface area contributed by atoms with E-state index in [2.05, 4.69) is 5.32 Å². The minimum absolute atomic E-state index is 0.211. The molecule has 1 aliphatic carbocycles. The Balaban J connectivity index is 1.87. The van der Waals surface area contributed by atoms with Crippen LogP contribution in [0.5, 0.6) is 0 Å². The fourth-order valence-corrected chi connectivity index (χ4v) is 2.82. The van der Waals surface area contributed by atoms with Crippen molar-refractivity contribution < 1.29 is 14.3 Å². The largest absolute Gasteiger partial charge is 0.469 e. The molecule has 1 aromatic carbocycles. The number of carbonyl (C=O) groups excluding carboxylic acids is 1. The van der Waals surface area contributed by atoms with Crippen LogP contribution in [0, 0.1) is 0 Å². The van der Waals surface area contributed by atoms with E-state index >= 15 is 0 Å². The van der Waals surface area contributed by atoms with Gasteiger partial charge >= 0.3 is 5.97 Å². The van der Waals surface area contributed by atoms with Crippen molar-refractivity contribution in [3.8, 4) is 0 Å². The molecule has 0 aromatic heterocycles. The second-order valence-electron chi connectivity index (χ2n) is 5.59. The zero-order chi connectivity index (χ0) is 15.1. The smallest absolute Gasteiger partial charge is 0.309 e. The summed E-state index contributed by atoms with van der Waals surface area (Å²) in [6.45, 7) is 0.571. The summed E-state index contributed by atoms with van der Waals surface area (Å²) >= 11 is 0. The van der Waals surface area contributed by atoms with Crippen LogP contribution in [-0.4, -0.2) is 32.3 Å². The van der Waals surface area contributed by atoms with Crippen molar-refractivity contribution in [3.05, 3.63) is 35.4 Å². The summed E-state index contributed by atoms with van der Waals surface area (Å²) in [5.74, 6) is -0.211. The molecule has 1 aromatic rings. The van der Waals surface area contributed by atoms with Gasteiger partial charge in [0.25, 0.3) is 0 Å². The fourth-order valence-electron chi connectivity index (χ4n) is 2.82. The maximum absolute atomic E-state index is 11.4. The predicted molar refractivity (Wildman–Crippen MR) is 82.1 cm³/mol. The Morgan fingerprint density at radius 2 is 1.86 bits per heavy atom. The highest BCUT2D eigenvalue weighted by Gasteiger charge is 2.20. The zero-order valence-electron chi connectivity index (χ0n) is 12.9. The van der Waals surface area contributed by atoms with Crippen molar-refractivity contribution in [2.45, 2.75) is 50.9 Å². The standard InChI is InChI=1S/C17H25NO3/c1-18-15-7-9-16(10-8-15)21-12-14-6-4-3-5-13(14)11-17(19)20-2/h3-6,15-16,18H,7-12H2,1-2H3. The summed E-state index contributed by atoms with van der Waals surface area (Å²) in [6, 6.07) is 8.55. The lowest BCUT2D eigenvalue weighted by Crippen LogP contribution is -2.32. The molecule has 4 heteroatoms. The Labute approximate surface area is 126 Å². The molecule has 4 nitrogen and oxygen atoms in total. The van der Waals surface area contributed by atoms with E-state index in [1.807, 2.05) is 31.3 Å². The Morgan fingerprint density at radius 1 is 1.19 bits per heavy atom. The summed E-state index contributed by atoms with van der Waals surface area (Å²) in [4.78, 5) is 11.4. The van der Waals surface area contributed by atoms with Gasteiger partial charge < -0.3 is 14.8 Å². The van der Waals surface area contributed by atoms with E-state index in [0.29, 0.717) is 25.2 Å². The first-order valence-corrected chi connectivity index (χ1v) is 7.65. The Kier molecular flexibility index (Phi) is 6.21. The van der Waals surface area contributed by atoms with E-state index in [1.165, 1.54) is 20.0 Å². The van der Waals surface area contributed by atoms with E-state index in [0.717, 1.165) is 24.0 Å². The summed E-state index contributed by atoms with van der Waals surface area (Å²) in [5.41, 5.74) is 2.08. The van der Waals surface area contributed by atoms with Crippen molar-refractivity contribution in [2.75, 3.05) is 14.2 Å². The molecule has 0 aliphatic heterocycles. The maximum atomic E-state index is 11.4. The predicted octanol–water partition coefficient (Wildman–Crippen LogP) is 2.45. The van der Waals surface area contributed by atoms with E-state index in [1.54, 1.807) is 0 Å². The summed E-state index contributed by atoms with van der Waals surface area (Å²) in [6.07, 6.45) is 5.19. The van der Waals surface area contributed by atoms with E-state index in [-0.39, 0.29) is 5.97 Å². The van der Waals surface area contributed by atoms with E-state index in [4.69, 9.17) is 9.47 Å². The number of methoxy groups -OCH3 is 1. The number of carbonyl (C=O) groups is 1. The first-order chi connectivity index (χ1) is 10.2. The molecule has 1 saturated carbocycles. The van der Waals surface area contributed by atoms with Crippen molar-refractivity contribution in [2.24, 2.45) is 0 Å². The van der Waals surface area contributed by atoms with Gasteiger partial charge in [0.2, 0.25) is 0 Å². The summed E-state index contributed by atoms with van der Waals surface area (Å²) < 4.78 is 10.8. The van der Waals surface area contributed by atoms with Crippen LogP contribution < -0.4 is 5.32 Å². The number of hydrogen-bond donors (Lipinski definition) is 1. The van der Waals surface area contributed by atoms with Gasteiger partial charge in [-0.2, -0.15) is 0 Å². The lowest BCUT2D eigenvalue weighted by molar-refractivity contribution is -0.139. The van der Waals surface area contributed by atoms with Gasteiger partial charge in [-0.15, -0.1) is 0 Å². The van der Waals surface area contributed by atoms with Crippen molar-refractivity contribution >= 4 is 5.97 Å². The van der Waals surface area contributed by atoms with Gasteiger partial charge in [0.15, 0.2) is 0 Å². The van der Waals surface area contributed by atoms with Gasteiger partial charge in [-0.25, -0.2) is 0 Å². The Hall–Kier alpha value is -1.39. The van der Waals surface area contributed by atoms with E-state index < -0.39 is 0 Å². The van der Waals surface area contributed by atoms with Gasteiger partial charge in [-0.05, 0) is 43.9 Å². The number of rotatable bonds is 6. The SMILES string of the molecule is CNC1CCC(OCc2ccccc2CC(=O)OC)CC1. The third-order valence-corrected chi connectivity index (χ3v) is 4.24. The lowest BCUT2D eigenvalue weighted by Gasteiger charge is -2.28. The minimum Gasteiger partial charge on any atom is -0.469 e. The molecule has 0 radical (unpaired) electrons. The average molecular weight is 291 g/mol. The monoisotopic (exact) mass is 291 g/mol. The quantitative estimate of drug-likeness (QED) is 0.818. The molecule has 0 spiro atoms. The molecule has 0 atom stereocenters. The normalized spacial score (nSPS) is 22.0. The number of nitrogens with one attached hydrogen (secondary N) is 1. The number of benzene rings is 1. The molecule has 0 saturated heterocycles. The molecule has 0 heterocycles. The first-order valence-electron chi connectivity index (χ1n) is 7.65. The maximum Gasteiger partial charge on any atom is 0.309 e. The van der Waals surface area contributed by atoms with Crippen LogP contribution in [0.25, 0.3) is 0 Å². The number of esters is 1. The Bertz CT molecular complexity index is 453. The average Bonchev–Trinajstić information content (AvgIpc) is 2.54. The third kappa shape index (κ3) is 4.83. The molecular formula is C17H25NO3. The highest BCUT2D eigenvalue weighted by molar-refractivity contribution is 5.72. The minimum atomic E-state index is -0.211.